The van der Waals surface area contributed by atoms with Crippen LogP contribution in [0.3, 0.4) is 0 Å². The van der Waals surface area contributed by atoms with E-state index in [-0.39, 0.29) is 23.9 Å². The van der Waals surface area contributed by atoms with Crippen molar-refractivity contribution < 1.29 is 28.2 Å². The molecule has 0 spiro atoms. The molecule has 0 saturated heterocycles. The standard InChI is InChI=1S/C24H26FN5O5/c25-16-6-9-18-20(14-16)35-24(28-18)29-19(22(32)33)13-15-4-7-17(8-5-15)34-12-1-3-21(31)30-23-26-10-2-11-27-23/h4-9,14,19H,1-3,10-13H2,(H,28,29)(H,32,33)(H2,26,27,30,31)/t19-/m0/s1. The number of nitrogens with one attached hydrogen (secondary N) is 3. The van der Waals surface area contributed by atoms with E-state index in [1.807, 2.05) is 0 Å². The molecule has 0 bridgehead atoms. The fourth-order valence-electron chi connectivity index (χ4n) is 3.50. The average molecular weight is 484 g/mol. The number of ether oxygens (including phenoxy) is 1. The van der Waals surface area contributed by atoms with Gasteiger partial charge in [-0.3, -0.25) is 15.1 Å². The first-order valence-corrected chi connectivity index (χ1v) is 11.3. The third-order valence-corrected chi connectivity index (χ3v) is 5.28. The molecule has 184 valence electrons. The Balaban J connectivity index is 1.24. The van der Waals surface area contributed by atoms with E-state index in [4.69, 9.17) is 9.15 Å². The Kier molecular flexibility index (Phi) is 7.76. The van der Waals surface area contributed by atoms with Gasteiger partial charge in [0.1, 0.15) is 23.1 Å². The predicted octanol–water partition coefficient (Wildman–Crippen LogP) is 2.70. The molecule has 10 nitrogen and oxygen atoms in total. The van der Waals surface area contributed by atoms with Gasteiger partial charge in [0.05, 0.1) is 6.61 Å². The normalized spacial score (nSPS) is 14.0. The molecule has 1 aliphatic rings. The Labute approximate surface area is 200 Å². The van der Waals surface area contributed by atoms with Crippen molar-refractivity contribution in [3.63, 3.8) is 0 Å². The Hall–Kier alpha value is -4.15. The summed E-state index contributed by atoms with van der Waals surface area (Å²) in [5.74, 6) is -0.516. The molecule has 3 aromatic rings. The number of nitrogens with zero attached hydrogens (tertiary/aromatic N) is 2. The lowest BCUT2D eigenvalue weighted by Crippen LogP contribution is -2.43. The van der Waals surface area contributed by atoms with Crippen molar-refractivity contribution in [2.24, 2.45) is 4.99 Å². The highest BCUT2D eigenvalue weighted by Gasteiger charge is 2.20. The summed E-state index contributed by atoms with van der Waals surface area (Å²) in [6.45, 7) is 1.88. The van der Waals surface area contributed by atoms with Gasteiger partial charge in [0.15, 0.2) is 11.5 Å². The van der Waals surface area contributed by atoms with Gasteiger partial charge >= 0.3 is 5.97 Å². The summed E-state index contributed by atoms with van der Waals surface area (Å²) in [6, 6.07) is 9.96. The highest BCUT2D eigenvalue weighted by Crippen LogP contribution is 2.21. The van der Waals surface area contributed by atoms with Crippen molar-refractivity contribution in [3.8, 4) is 5.75 Å². The van der Waals surface area contributed by atoms with Gasteiger partial charge in [-0.1, -0.05) is 12.1 Å². The number of carboxylic acid groups (broad SMARTS) is 1. The number of rotatable bonds is 10. The second-order valence-electron chi connectivity index (χ2n) is 8.03. The molecular formula is C24H26FN5O5. The number of fused-ring (bicyclic) bond motifs is 1. The fraction of sp³-hybridized carbons (Fsp3) is 0.333. The molecule has 2 heterocycles. The van der Waals surface area contributed by atoms with Crippen molar-refractivity contribution in [2.75, 3.05) is 25.0 Å². The zero-order valence-corrected chi connectivity index (χ0v) is 18.9. The van der Waals surface area contributed by atoms with E-state index in [9.17, 15) is 19.1 Å². The fourth-order valence-corrected chi connectivity index (χ4v) is 3.50. The monoisotopic (exact) mass is 483 g/mol. The van der Waals surface area contributed by atoms with Crippen LogP contribution in [-0.4, -0.2) is 53.7 Å². The zero-order valence-electron chi connectivity index (χ0n) is 18.9. The first-order chi connectivity index (χ1) is 17.0. The summed E-state index contributed by atoms with van der Waals surface area (Å²) in [6.07, 6.45) is 1.98. The average Bonchev–Trinajstić information content (AvgIpc) is 3.24. The van der Waals surface area contributed by atoms with Gasteiger partial charge in [-0.05, 0) is 42.7 Å². The second-order valence-corrected chi connectivity index (χ2v) is 8.03. The minimum Gasteiger partial charge on any atom is -0.494 e. The topological polar surface area (TPSA) is 138 Å². The summed E-state index contributed by atoms with van der Waals surface area (Å²) < 4.78 is 24.4. The quantitative estimate of drug-likeness (QED) is 0.323. The molecule has 4 N–H and O–H groups in total. The van der Waals surface area contributed by atoms with Crippen LogP contribution in [0.2, 0.25) is 0 Å². The maximum atomic E-state index is 13.3. The second kappa shape index (κ2) is 11.3. The van der Waals surface area contributed by atoms with Crippen LogP contribution in [0, 0.1) is 5.82 Å². The Morgan fingerprint density at radius 2 is 2.06 bits per heavy atom. The van der Waals surface area contributed by atoms with Crippen LogP contribution < -0.4 is 20.7 Å². The lowest BCUT2D eigenvalue weighted by atomic mass is 10.1. The van der Waals surface area contributed by atoms with E-state index in [1.165, 1.54) is 18.2 Å². The van der Waals surface area contributed by atoms with E-state index in [0.717, 1.165) is 18.5 Å². The molecule has 0 aliphatic carbocycles. The third-order valence-electron chi connectivity index (χ3n) is 5.28. The van der Waals surface area contributed by atoms with Crippen LogP contribution in [0.15, 0.2) is 51.9 Å². The lowest BCUT2D eigenvalue weighted by Gasteiger charge is -2.15. The van der Waals surface area contributed by atoms with Crippen LogP contribution in [-0.2, 0) is 16.0 Å². The van der Waals surface area contributed by atoms with Crippen LogP contribution in [0.25, 0.3) is 11.1 Å². The van der Waals surface area contributed by atoms with Crippen LogP contribution in [0.1, 0.15) is 24.8 Å². The van der Waals surface area contributed by atoms with E-state index < -0.39 is 17.8 Å². The first kappa shape index (κ1) is 24.0. The number of guanidine groups is 1. The highest BCUT2D eigenvalue weighted by molar-refractivity contribution is 5.97. The predicted molar refractivity (Wildman–Crippen MR) is 127 cm³/mol. The van der Waals surface area contributed by atoms with Gasteiger partial charge in [-0.2, -0.15) is 4.98 Å². The summed E-state index contributed by atoms with van der Waals surface area (Å²) in [4.78, 5) is 32.0. The number of oxazole rings is 1. The van der Waals surface area contributed by atoms with Gasteiger partial charge in [-0.25, -0.2) is 9.18 Å². The maximum Gasteiger partial charge on any atom is 0.326 e. The molecule has 1 aromatic heterocycles. The number of aliphatic carboxylic acids is 1. The summed E-state index contributed by atoms with van der Waals surface area (Å²) in [7, 11) is 0. The number of halogens is 1. The molecule has 1 amide bonds. The van der Waals surface area contributed by atoms with Crippen molar-refractivity contribution in [1.29, 1.82) is 0 Å². The van der Waals surface area contributed by atoms with Crippen molar-refractivity contribution in [1.82, 2.24) is 15.6 Å². The largest absolute Gasteiger partial charge is 0.494 e. The summed E-state index contributed by atoms with van der Waals surface area (Å²) >= 11 is 0. The van der Waals surface area contributed by atoms with Gasteiger partial charge in [0, 0.05) is 32.0 Å². The molecular weight excluding hydrogens is 457 g/mol. The van der Waals surface area contributed by atoms with Crippen molar-refractivity contribution in [3.05, 3.63) is 53.8 Å². The van der Waals surface area contributed by atoms with Crippen molar-refractivity contribution >= 4 is 35.0 Å². The van der Waals surface area contributed by atoms with Gasteiger partial charge in [0.25, 0.3) is 6.01 Å². The Morgan fingerprint density at radius 3 is 2.80 bits per heavy atom. The Bertz CT molecular complexity index is 1210. The zero-order chi connectivity index (χ0) is 24.6. The van der Waals surface area contributed by atoms with Gasteiger partial charge in [-0.15, -0.1) is 0 Å². The van der Waals surface area contributed by atoms with Crippen LogP contribution >= 0.6 is 0 Å². The number of benzene rings is 2. The lowest BCUT2D eigenvalue weighted by molar-refractivity contribution is -0.138. The number of aromatic nitrogens is 1. The number of aliphatic imine (C=N–C) groups is 1. The number of amides is 1. The van der Waals surface area contributed by atoms with E-state index in [1.54, 1.807) is 24.3 Å². The SMILES string of the molecule is O=C(CCCOc1ccc(C[C@H](Nc2nc3ccc(F)cc3o2)C(=O)O)cc1)NC1=NCCCN1. The maximum absolute atomic E-state index is 13.3. The van der Waals surface area contributed by atoms with Crippen LogP contribution in [0.4, 0.5) is 10.4 Å². The number of carboxylic acids is 1. The minimum atomic E-state index is -1.08. The Morgan fingerprint density at radius 1 is 1.23 bits per heavy atom. The molecule has 2 aromatic carbocycles. The van der Waals surface area contributed by atoms with E-state index in [0.29, 0.717) is 43.2 Å². The highest BCUT2D eigenvalue weighted by atomic mass is 19.1. The van der Waals surface area contributed by atoms with E-state index >= 15 is 0 Å². The molecule has 0 radical (unpaired) electrons. The van der Waals surface area contributed by atoms with E-state index in [2.05, 4.69) is 25.9 Å². The first-order valence-electron chi connectivity index (χ1n) is 11.3. The molecule has 0 unspecified atom stereocenters. The number of anilines is 1. The molecule has 4 rings (SSSR count). The molecule has 0 fully saturated rings. The summed E-state index contributed by atoms with van der Waals surface area (Å²) in [5.41, 5.74) is 1.42. The number of hydrogen-bond acceptors (Lipinski definition) is 8. The van der Waals surface area contributed by atoms with Crippen LogP contribution in [0.5, 0.6) is 5.75 Å². The minimum absolute atomic E-state index is 0.00771. The number of carbonyl (C=O) groups excluding carboxylic acids is 1. The smallest absolute Gasteiger partial charge is 0.326 e. The van der Waals surface area contributed by atoms with Crippen molar-refractivity contribution in [2.45, 2.75) is 31.7 Å². The summed E-state index contributed by atoms with van der Waals surface area (Å²) in [5, 5.41) is 18.1. The molecule has 1 aliphatic heterocycles. The molecule has 35 heavy (non-hydrogen) atoms. The third kappa shape index (κ3) is 6.92. The molecule has 0 saturated carbocycles. The molecule has 11 heteroatoms. The number of hydrogen-bond donors (Lipinski definition) is 4. The molecule has 1 atom stereocenters. The van der Waals surface area contributed by atoms with Gasteiger partial charge < -0.3 is 24.9 Å². The number of carbonyl (C=O) groups is 2. The van der Waals surface area contributed by atoms with Gasteiger partial charge in [0.2, 0.25) is 5.91 Å².